The maximum atomic E-state index is 4.42. The van der Waals surface area contributed by atoms with Crippen molar-refractivity contribution in [2.24, 2.45) is 0 Å². The van der Waals surface area contributed by atoms with Crippen LogP contribution in [-0.2, 0) is 0 Å². The molecule has 1 saturated carbocycles. The topological polar surface area (TPSA) is 62.7 Å². The third kappa shape index (κ3) is 2.99. The first-order valence-corrected chi connectivity index (χ1v) is 6.51. The second-order valence-corrected chi connectivity index (χ2v) is 5.03. The van der Waals surface area contributed by atoms with Gasteiger partial charge in [0.1, 0.15) is 0 Å². The van der Waals surface area contributed by atoms with Crippen molar-refractivity contribution in [1.82, 2.24) is 15.2 Å². The van der Waals surface area contributed by atoms with Crippen LogP contribution in [0, 0.1) is 13.8 Å². The zero-order valence-electron chi connectivity index (χ0n) is 11.1. The predicted molar refractivity (Wildman–Crippen MR) is 75.7 cm³/mol. The SMILES string of the molecule is Cc1ccc(Nc2nncc(NC3CC3)n2)c(C)c1. The summed E-state index contributed by atoms with van der Waals surface area (Å²) in [5, 5.41) is 14.5. The minimum absolute atomic E-state index is 0.526. The fourth-order valence-electron chi connectivity index (χ4n) is 1.94. The average Bonchev–Trinajstić information content (AvgIpc) is 3.17. The largest absolute Gasteiger partial charge is 0.366 e. The summed E-state index contributed by atoms with van der Waals surface area (Å²) in [5.41, 5.74) is 3.42. The molecule has 3 rings (SSSR count). The molecule has 5 heteroatoms. The second-order valence-electron chi connectivity index (χ2n) is 5.03. The van der Waals surface area contributed by atoms with E-state index in [4.69, 9.17) is 0 Å². The van der Waals surface area contributed by atoms with E-state index in [1.165, 1.54) is 24.0 Å². The van der Waals surface area contributed by atoms with Gasteiger partial charge in [0.15, 0.2) is 5.82 Å². The maximum Gasteiger partial charge on any atom is 0.249 e. The highest BCUT2D eigenvalue weighted by Gasteiger charge is 2.21. The van der Waals surface area contributed by atoms with E-state index in [1.54, 1.807) is 6.20 Å². The summed E-state index contributed by atoms with van der Waals surface area (Å²) in [5.74, 6) is 1.31. The molecule has 0 aliphatic heterocycles. The molecule has 0 saturated heterocycles. The summed E-state index contributed by atoms with van der Waals surface area (Å²) in [7, 11) is 0. The van der Waals surface area contributed by atoms with Gasteiger partial charge in [0.05, 0.1) is 6.20 Å². The van der Waals surface area contributed by atoms with Gasteiger partial charge in [-0.2, -0.15) is 10.1 Å². The van der Waals surface area contributed by atoms with E-state index in [0.29, 0.717) is 12.0 Å². The molecular weight excluding hydrogens is 238 g/mol. The lowest BCUT2D eigenvalue weighted by Gasteiger charge is -2.09. The Labute approximate surface area is 112 Å². The number of hydrogen-bond acceptors (Lipinski definition) is 5. The number of nitrogens with one attached hydrogen (secondary N) is 2. The van der Waals surface area contributed by atoms with Gasteiger partial charge in [0.2, 0.25) is 5.95 Å². The van der Waals surface area contributed by atoms with Crippen LogP contribution >= 0.6 is 0 Å². The van der Waals surface area contributed by atoms with Crippen molar-refractivity contribution in [3.63, 3.8) is 0 Å². The molecule has 0 spiro atoms. The van der Waals surface area contributed by atoms with Gasteiger partial charge in [-0.15, -0.1) is 5.10 Å². The van der Waals surface area contributed by atoms with Gasteiger partial charge in [-0.05, 0) is 38.3 Å². The Hall–Kier alpha value is -2.17. The first kappa shape index (κ1) is 11.9. The maximum absolute atomic E-state index is 4.42. The smallest absolute Gasteiger partial charge is 0.249 e. The number of benzene rings is 1. The number of rotatable bonds is 4. The number of aryl methyl sites for hydroxylation is 2. The molecule has 0 unspecified atom stereocenters. The molecule has 19 heavy (non-hydrogen) atoms. The highest BCUT2D eigenvalue weighted by molar-refractivity contribution is 5.59. The quantitative estimate of drug-likeness (QED) is 0.879. The highest BCUT2D eigenvalue weighted by atomic mass is 15.3. The van der Waals surface area contributed by atoms with Crippen molar-refractivity contribution in [3.8, 4) is 0 Å². The molecule has 0 atom stereocenters. The Morgan fingerprint density at radius 2 is 2.05 bits per heavy atom. The number of hydrogen-bond donors (Lipinski definition) is 2. The first-order valence-electron chi connectivity index (χ1n) is 6.51. The predicted octanol–water partition coefficient (Wildman–Crippen LogP) is 2.81. The normalized spacial score (nSPS) is 14.2. The van der Waals surface area contributed by atoms with Crippen LogP contribution in [0.5, 0.6) is 0 Å². The van der Waals surface area contributed by atoms with E-state index in [1.807, 2.05) is 6.07 Å². The Bertz CT molecular complexity index is 592. The van der Waals surface area contributed by atoms with Crippen molar-refractivity contribution in [2.45, 2.75) is 32.7 Å². The lowest BCUT2D eigenvalue weighted by Crippen LogP contribution is -2.07. The Morgan fingerprint density at radius 3 is 2.79 bits per heavy atom. The van der Waals surface area contributed by atoms with Crippen molar-refractivity contribution in [1.29, 1.82) is 0 Å². The summed E-state index contributed by atoms with van der Waals surface area (Å²) in [6.45, 7) is 4.14. The molecule has 0 radical (unpaired) electrons. The third-order valence-corrected chi connectivity index (χ3v) is 3.12. The summed E-state index contributed by atoms with van der Waals surface area (Å²) in [4.78, 5) is 4.42. The van der Waals surface area contributed by atoms with E-state index in [9.17, 15) is 0 Å². The number of nitrogens with zero attached hydrogens (tertiary/aromatic N) is 3. The molecule has 0 bridgehead atoms. The number of aromatic nitrogens is 3. The molecule has 0 amide bonds. The van der Waals surface area contributed by atoms with Gasteiger partial charge in [-0.1, -0.05) is 17.7 Å². The van der Waals surface area contributed by atoms with E-state index in [-0.39, 0.29) is 0 Å². The Morgan fingerprint density at radius 1 is 1.21 bits per heavy atom. The molecule has 98 valence electrons. The zero-order valence-corrected chi connectivity index (χ0v) is 11.1. The van der Waals surface area contributed by atoms with Gasteiger partial charge in [-0.3, -0.25) is 0 Å². The van der Waals surface area contributed by atoms with E-state index in [2.05, 4.69) is 51.8 Å². The van der Waals surface area contributed by atoms with Crippen molar-refractivity contribution in [3.05, 3.63) is 35.5 Å². The fraction of sp³-hybridized carbons (Fsp3) is 0.357. The van der Waals surface area contributed by atoms with Crippen molar-refractivity contribution >= 4 is 17.5 Å². The molecule has 2 aromatic rings. The van der Waals surface area contributed by atoms with Crippen LogP contribution in [0.15, 0.2) is 24.4 Å². The van der Waals surface area contributed by atoms with Crippen LogP contribution in [0.2, 0.25) is 0 Å². The Kier molecular flexibility index (Phi) is 3.03. The van der Waals surface area contributed by atoms with Crippen molar-refractivity contribution in [2.75, 3.05) is 10.6 Å². The third-order valence-electron chi connectivity index (χ3n) is 3.12. The fourth-order valence-corrected chi connectivity index (χ4v) is 1.94. The van der Waals surface area contributed by atoms with Gasteiger partial charge in [0, 0.05) is 11.7 Å². The monoisotopic (exact) mass is 255 g/mol. The zero-order chi connectivity index (χ0) is 13.2. The second kappa shape index (κ2) is 4.84. The molecule has 1 fully saturated rings. The van der Waals surface area contributed by atoms with E-state index < -0.39 is 0 Å². The Balaban J connectivity index is 1.78. The number of anilines is 3. The highest BCUT2D eigenvalue weighted by Crippen LogP contribution is 2.24. The lowest BCUT2D eigenvalue weighted by atomic mass is 10.1. The molecule has 2 N–H and O–H groups in total. The minimum atomic E-state index is 0.526. The van der Waals surface area contributed by atoms with E-state index in [0.717, 1.165) is 11.5 Å². The minimum Gasteiger partial charge on any atom is -0.366 e. The van der Waals surface area contributed by atoms with Crippen LogP contribution in [0.1, 0.15) is 24.0 Å². The molecule has 1 aliphatic rings. The lowest BCUT2D eigenvalue weighted by molar-refractivity contribution is 0.964. The molecule has 1 aromatic carbocycles. The summed E-state index contributed by atoms with van der Waals surface area (Å²) < 4.78 is 0. The first-order chi connectivity index (χ1) is 9.20. The van der Waals surface area contributed by atoms with Gasteiger partial charge in [0.25, 0.3) is 0 Å². The molecule has 1 aromatic heterocycles. The van der Waals surface area contributed by atoms with Crippen molar-refractivity contribution < 1.29 is 0 Å². The van der Waals surface area contributed by atoms with Gasteiger partial charge < -0.3 is 10.6 Å². The van der Waals surface area contributed by atoms with Gasteiger partial charge >= 0.3 is 0 Å². The van der Waals surface area contributed by atoms with Gasteiger partial charge in [-0.25, -0.2) is 0 Å². The van der Waals surface area contributed by atoms with Crippen LogP contribution in [-0.4, -0.2) is 21.2 Å². The molecule has 5 nitrogen and oxygen atoms in total. The average molecular weight is 255 g/mol. The summed E-state index contributed by atoms with van der Waals surface area (Å²) in [6, 6.07) is 6.79. The van der Waals surface area contributed by atoms with Crippen LogP contribution < -0.4 is 10.6 Å². The molecule has 1 aliphatic carbocycles. The summed E-state index contributed by atoms with van der Waals surface area (Å²) in [6.07, 6.45) is 4.08. The summed E-state index contributed by atoms with van der Waals surface area (Å²) >= 11 is 0. The van der Waals surface area contributed by atoms with E-state index >= 15 is 0 Å². The van der Waals surface area contributed by atoms with Crippen LogP contribution in [0.3, 0.4) is 0 Å². The standard InChI is InChI=1S/C14H17N5/c1-9-3-6-12(10(2)7-9)17-14-18-13(8-15-19-14)16-11-4-5-11/h3,6-8,11H,4-5H2,1-2H3,(H2,16,17,18,19). The molecule has 1 heterocycles. The van der Waals surface area contributed by atoms with Crippen LogP contribution in [0.25, 0.3) is 0 Å². The molecular formula is C14H17N5. The van der Waals surface area contributed by atoms with Crippen LogP contribution in [0.4, 0.5) is 17.5 Å².